The molecule has 0 bridgehead atoms. The number of amides is 2. The number of carbonyl (C=O) groups excluding carboxylic acids is 1. The van der Waals surface area contributed by atoms with Crippen LogP contribution in [0.5, 0.6) is 0 Å². The van der Waals surface area contributed by atoms with Crippen LogP contribution in [0.1, 0.15) is 11.1 Å². The minimum Gasteiger partial charge on any atom is -0.330 e. The zero-order valence-electron chi connectivity index (χ0n) is 18.4. The van der Waals surface area contributed by atoms with Crippen LogP contribution in [0.4, 0.5) is 33.6 Å². The van der Waals surface area contributed by atoms with Gasteiger partial charge in [0.2, 0.25) is 5.95 Å². The van der Waals surface area contributed by atoms with Gasteiger partial charge < -0.3 is 11.1 Å². The van der Waals surface area contributed by atoms with Crippen molar-refractivity contribution in [2.24, 2.45) is 5.73 Å². The summed E-state index contributed by atoms with van der Waals surface area (Å²) < 4.78 is 0.840. The summed E-state index contributed by atoms with van der Waals surface area (Å²) >= 11 is 3.59. The Morgan fingerprint density at radius 3 is 2.59 bits per heavy atom. The number of aromatic nitrogens is 2. The molecule has 2 heterocycles. The summed E-state index contributed by atoms with van der Waals surface area (Å²) in [5.74, 6) is 0.988. The lowest BCUT2D eigenvalue weighted by molar-refractivity contribution is 0.252. The molecular weight excluding hydrogens is 492 g/mol. The fraction of sp³-hybridized carbons (Fsp3) is 0.115. The molecule has 0 atom stereocenters. The number of benzene rings is 3. The molecule has 5 rings (SSSR count). The van der Waals surface area contributed by atoms with Crippen LogP contribution >= 0.6 is 15.9 Å². The summed E-state index contributed by atoms with van der Waals surface area (Å²) in [5.41, 5.74) is 10.1. The van der Waals surface area contributed by atoms with Crippen molar-refractivity contribution in [3.8, 4) is 0 Å². The Hall–Kier alpha value is -3.75. The molecule has 3 N–H and O–H groups in total. The van der Waals surface area contributed by atoms with Crippen molar-refractivity contribution in [3.05, 3.63) is 101 Å². The molecule has 2 amide bonds. The number of hydrogen-bond acceptors (Lipinski definition) is 5. The SMILES string of the molecule is NCCc1cccc(N2C(=O)N(c3ccccc3Br)Cc3cnc(Nc4ccccc4)nc32)c1. The molecule has 7 nitrogen and oxygen atoms in total. The lowest BCUT2D eigenvalue weighted by Crippen LogP contribution is -2.45. The first kappa shape index (κ1) is 22.1. The molecule has 1 aliphatic heterocycles. The van der Waals surface area contributed by atoms with Gasteiger partial charge in [0.25, 0.3) is 0 Å². The van der Waals surface area contributed by atoms with Crippen molar-refractivity contribution >= 4 is 50.8 Å². The maximum atomic E-state index is 13.9. The molecule has 34 heavy (non-hydrogen) atoms. The number of nitrogens with two attached hydrogens (primary N) is 1. The average molecular weight is 515 g/mol. The van der Waals surface area contributed by atoms with Gasteiger partial charge in [0.15, 0.2) is 5.82 Å². The molecule has 0 fully saturated rings. The van der Waals surface area contributed by atoms with Gasteiger partial charge in [-0.2, -0.15) is 4.98 Å². The molecule has 0 saturated heterocycles. The Morgan fingerprint density at radius 1 is 1.00 bits per heavy atom. The Kier molecular flexibility index (Phi) is 6.24. The van der Waals surface area contributed by atoms with Crippen LogP contribution < -0.4 is 20.9 Å². The Bertz CT molecular complexity index is 1330. The number of fused-ring (bicyclic) bond motifs is 1. The van der Waals surface area contributed by atoms with Crippen molar-refractivity contribution in [2.45, 2.75) is 13.0 Å². The standard InChI is InChI=1S/C26H23BrN6O/c27-22-11-4-5-12-23(22)32-17-19-16-29-25(30-20-8-2-1-3-9-20)31-24(19)33(26(32)34)21-10-6-7-18(15-21)13-14-28/h1-12,15-16H,13-14,17,28H2,(H,29,30,31). The number of nitrogens with one attached hydrogen (secondary N) is 1. The van der Waals surface area contributed by atoms with E-state index in [0.717, 1.165) is 39.1 Å². The number of halogens is 1. The highest BCUT2D eigenvalue weighted by molar-refractivity contribution is 9.10. The third-order valence-electron chi connectivity index (χ3n) is 5.58. The summed E-state index contributed by atoms with van der Waals surface area (Å²) in [7, 11) is 0. The first-order chi connectivity index (χ1) is 16.6. The predicted molar refractivity (Wildman–Crippen MR) is 139 cm³/mol. The fourth-order valence-corrected chi connectivity index (χ4v) is 4.47. The largest absolute Gasteiger partial charge is 0.335 e. The van der Waals surface area contributed by atoms with E-state index in [9.17, 15) is 4.79 Å². The van der Waals surface area contributed by atoms with E-state index in [1.54, 1.807) is 16.0 Å². The average Bonchev–Trinajstić information content (AvgIpc) is 2.85. The highest BCUT2D eigenvalue weighted by Crippen LogP contribution is 2.38. The molecule has 4 aromatic rings. The van der Waals surface area contributed by atoms with Gasteiger partial charge >= 0.3 is 6.03 Å². The molecule has 0 unspecified atom stereocenters. The molecule has 3 aromatic carbocycles. The molecule has 0 spiro atoms. The fourth-order valence-electron chi connectivity index (χ4n) is 3.97. The second-order valence-corrected chi connectivity index (χ2v) is 8.75. The Morgan fingerprint density at radius 2 is 1.79 bits per heavy atom. The van der Waals surface area contributed by atoms with Gasteiger partial charge in [0.05, 0.1) is 17.9 Å². The highest BCUT2D eigenvalue weighted by atomic mass is 79.9. The number of carbonyl (C=O) groups is 1. The van der Waals surface area contributed by atoms with E-state index in [1.165, 1.54) is 0 Å². The molecule has 0 saturated carbocycles. The first-order valence-electron chi connectivity index (χ1n) is 11.0. The van der Waals surface area contributed by atoms with Gasteiger partial charge in [-0.25, -0.2) is 14.7 Å². The lowest BCUT2D eigenvalue weighted by atomic mass is 10.1. The van der Waals surface area contributed by atoms with Gasteiger partial charge in [-0.3, -0.25) is 4.90 Å². The van der Waals surface area contributed by atoms with Crippen LogP contribution in [0.2, 0.25) is 0 Å². The molecule has 8 heteroatoms. The quantitative estimate of drug-likeness (QED) is 0.341. The lowest BCUT2D eigenvalue weighted by Gasteiger charge is -2.36. The van der Waals surface area contributed by atoms with E-state index in [2.05, 4.69) is 26.2 Å². The van der Waals surface area contributed by atoms with Crippen LogP contribution in [0.15, 0.2) is 89.5 Å². The van der Waals surface area contributed by atoms with E-state index in [1.807, 2.05) is 78.9 Å². The van der Waals surface area contributed by atoms with Gasteiger partial charge in [-0.05, 0) is 70.9 Å². The number of hydrogen-bond donors (Lipinski definition) is 2. The summed E-state index contributed by atoms with van der Waals surface area (Å²) in [5, 5.41) is 3.23. The van der Waals surface area contributed by atoms with Crippen LogP contribution in [0.3, 0.4) is 0 Å². The maximum Gasteiger partial charge on any atom is 0.335 e. The van der Waals surface area contributed by atoms with E-state index >= 15 is 0 Å². The Balaban J connectivity index is 1.61. The van der Waals surface area contributed by atoms with Gasteiger partial charge in [0, 0.05) is 21.9 Å². The smallest absolute Gasteiger partial charge is 0.330 e. The minimum atomic E-state index is -0.186. The predicted octanol–water partition coefficient (Wildman–Crippen LogP) is 5.76. The third-order valence-corrected chi connectivity index (χ3v) is 6.25. The second kappa shape index (κ2) is 9.62. The number of nitrogens with zero attached hydrogens (tertiary/aromatic N) is 4. The molecule has 0 radical (unpaired) electrons. The molecule has 1 aliphatic rings. The normalized spacial score (nSPS) is 13.1. The molecule has 170 valence electrons. The summed E-state index contributed by atoms with van der Waals surface area (Å²) in [6.45, 7) is 0.895. The summed E-state index contributed by atoms with van der Waals surface area (Å²) in [4.78, 5) is 26.6. The van der Waals surface area contributed by atoms with E-state index in [-0.39, 0.29) is 6.03 Å². The van der Waals surface area contributed by atoms with Crippen LogP contribution in [-0.2, 0) is 13.0 Å². The van der Waals surface area contributed by atoms with Gasteiger partial charge in [0.1, 0.15) is 0 Å². The van der Waals surface area contributed by atoms with Crippen molar-refractivity contribution in [3.63, 3.8) is 0 Å². The minimum absolute atomic E-state index is 0.186. The molecule has 1 aromatic heterocycles. The highest BCUT2D eigenvalue weighted by Gasteiger charge is 2.35. The van der Waals surface area contributed by atoms with E-state index < -0.39 is 0 Å². The number of urea groups is 1. The third kappa shape index (κ3) is 4.37. The Labute approximate surface area is 206 Å². The maximum absolute atomic E-state index is 13.9. The summed E-state index contributed by atoms with van der Waals surface area (Å²) in [6, 6.07) is 25.1. The second-order valence-electron chi connectivity index (χ2n) is 7.90. The van der Waals surface area contributed by atoms with Crippen molar-refractivity contribution < 1.29 is 4.79 Å². The number of anilines is 5. The number of para-hydroxylation sites is 2. The molecular formula is C26H23BrN6O. The van der Waals surface area contributed by atoms with Crippen molar-refractivity contribution in [1.82, 2.24) is 9.97 Å². The van der Waals surface area contributed by atoms with Crippen LogP contribution in [0, 0.1) is 0 Å². The van der Waals surface area contributed by atoms with Gasteiger partial charge in [-0.1, -0.05) is 42.5 Å². The van der Waals surface area contributed by atoms with Gasteiger partial charge in [-0.15, -0.1) is 0 Å². The van der Waals surface area contributed by atoms with Crippen LogP contribution in [-0.4, -0.2) is 22.5 Å². The van der Waals surface area contributed by atoms with Crippen molar-refractivity contribution in [2.75, 3.05) is 21.7 Å². The zero-order chi connectivity index (χ0) is 23.5. The summed E-state index contributed by atoms with van der Waals surface area (Å²) in [6.07, 6.45) is 2.50. The monoisotopic (exact) mass is 514 g/mol. The van der Waals surface area contributed by atoms with E-state index in [4.69, 9.17) is 10.7 Å². The molecule has 0 aliphatic carbocycles. The number of rotatable bonds is 6. The van der Waals surface area contributed by atoms with Crippen molar-refractivity contribution in [1.29, 1.82) is 0 Å². The first-order valence-corrected chi connectivity index (χ1v) is 11.8. The zero-order valence-corrected chi connectivity index (χ0v) is 19.9. The van der Waals surface area contributed by atoms with Crippen LogP contribution in [0.25, 0.3) is 0 Å². The van der Waals surface area contributed by atoms with E-state index in [0.29, 0.717) is 24.9 Å². The topological polar surface area (TPSA) is 87.4 Å².